The maximum atomic E-state index is 12.3. The number of aromatic nitrogens is 2. The first-order valence-corrected chi connectivity index (χ1v) is 8.16. The van der Waals surface area contributed by atoms with Crippen LogP contribution in [0.3, 0.4) is 0 Å². The van der Waals surface area contributed by atoms with Gasteiger partial charge in [0.25, 0.3) is 5.56 Å². The van der Waals surface area contributed by atoms with Crippen LogP contribution in [0.25, 0.3) is 0 Å². The van der Waals surface area contributed by atoms with Crippen LogP contribution in [0, 0.1) is 0 Å². The molecule has 0 amide bonds. The minimum Gasteiger partial charge on any atom is -0.349 e. The lowest BCUT2D eigenvalue weighted by Crippen LogP contribution is -2.40. The normalized spacial score (nSPS) is 10.6. The van der Waals surface area contributed by atoms with Gasteiger partial charge in [0, 0.05) is 33.3 Å². The van der Waals surface area contributed by atoms with E-state index in [9.17, 15) is 9.59 Å². The smallest absolute Gasteiger partial charge is 0.332 e. The highest BCUT2D eigenvalue weighted by molar-refractivity contribution is 5.41. The number of hydrogen-bond donors (Lipinski definition) is 0. The van der Waals surface area contributed by atoms with Crippen LogP contribution in [0.2, 0.25) is 0 Å². The van der Waals surface area contributed by atoms with E-state index >= 15 is 0 Å². The Kier molecular flexibility index (Phi) is 4.84. The molecule has 0 fully saturated rings. The summed E-state index contributed by atoms with van der Waals surface area (Å²) in [5.41, 5.74) is 1.61. The molecule has 0 radical (unpaired) electrons. The fourth-order valence-electron chi connectivity index (χ4n) is 2.85. The lowest BCUT2D eigenvalue weighted by atomic mass is 10.1. The van der Waals surface area contributed by atoms with Crippen LogP contribution in [0.4, 0.5) is 5.82 Å². The highest BCUT2D eigenvalue weighted by atomic mass is 16.2. The van der Waals surface area contributed by atoms with Gasteiger partial charge in [-0.05, 0) is 11.1 Å². The zero-order chi connectivity index (χ0) is 17.8. The predicted octanol–water partition coefficient (Wildman–Crippen LogP) is 2.29. The van der Waals surface area contributed by atoms with E-state index in [1.807, 2.05) is 65.6 Å². The van der Waals surface area contributed by atoms with Gasteiger partial charge in [0.05, 0.1) is 0 Å². The van der Waals surface area contributed by atoms with E-state index in [0.29, 0.717) is 18.9 Å². The van der Waals surface area contributed by atoms with Crippen molar-refractivity contribution in [2.45, 2.75) is 13.1 Å². The third kappa shape index (κ3) is 3.71. The molecule has 0 unspecified atom stereocenters. The average molecular weight is 335 g/mol. The van der Waals surface area contributed by atoms with E-state index in [0.717, 1.165) is 15.7 Å². The molecule has 0 aliphatic rings. The van der Waals surface area contributed by atoms with Crippen molar-refractivity contribution < 1.29 is 0 Å². The zero-order valence-corrected chi connectivity index (χ0v) is 14.4. The van der Waals surface area contributed by atoms with Gasteiger partial charge in [0.1, 0.15) is 5.82 Å². The maximum absolute atomic E-state index is 12.3. The van der Waals surface area contributed by atoms with E-state index in [1.54, 1.807) is 7.05 Å². The fraction of sp³-hybridized carbons (Fsp3) is 0.200. The Morgan fingerprint density at radius 2 is 1.24 bits per heavy atom. The molecular formula is C20H21N3O2. The molecule has 3 rings (SSSR count). The van der Waals surface area contributed by atoms with Crippen LogP contribution < -0.4 is 16.1 Å². The summed E-state index contributed by atoms with van der Waals surface area (Å²) in [5, 5.41) is 0. The SMILES string of the molecule is Cn1c(N(Cc2ccccc2)Cc2ccccc2)cc(=O)n(C)c1=O. The van der Waals surface area contributed by atoms with Crippen LogP contribution in [-0.4, -0.2) is 9.13 Å². The van der Waals surface area contributed by atoms with Gasteiger partial charge in [0.2, 0.25) is 0 Å². The van der Waals surface area contributed by atoms with Crippen LogP contribution in [0.1, 0.15) is 11.1 Å². The van der Waals surface area contributed by atoms with Crippen molar-refractivity contribution >= 4 is 5.82 Å². The maximum Gasteiger partial charge on any atom is 0.332 e. The molecule has 3 aromatic rings. The summed E-state index contributed by atoms with van der Waals surface area (Å²) in [5.74, 6) is 0.612. The summed E-state index contributed by atoms with van der Waals surface area (Å²) >= 11 is 0. The number of rotatable bonds is 5. The van der Waals surface area contributed by atoms with E-state index in [2.05, 4.69) is 0 Å². The van der Waals surface area contributed by atoms with Crippen LogP contribution >= 0.6 is 0 Å². The Hall–Kier alpha value is -3.08. The van der Waals surface area contributed by atoms with E-state index in [4.69, 9.17) is 0 Å². The van der Waals surface area contributed by atoms with Crippen molar-refractivity contribution in [3.05, 3.63) is 98.7 Å². The first-order valence-electron chi connectivity index (χ1n) is 8.16. The summed E-state index contributed by atoms with van der Waals surface area (Å²) in [7, 11) is 3.19. The second kappa shape index (κ2) is 7.21. The quantitative estimate of drug-likeness (QED) is 0.719. The lowest BCUT2D eigenvalue weighted by Gasteiger charge is -2.27. The monoisotopic (exact) mass is 335 g/mol. The molecule has 2 aromatic carbocycles. The van der Waals surface area contributed by atoms with Gasteiger partial charge in [-0.25, -0.2) is 4.79 Å². The molecule has 128 valence electrons. The van der Waals surface area contributed by atoms with E-state index in [1.165, 1.54) is 17.7 Å². The fourth-order valence-corrected chi connectivity index (χ4v) is 2.85. The molecule has 0 bridgehead atoms. The molecule has 0 aliphatic carbocycles. The second-order valence-electron chi connectivity index (χ2n) is 6.07. The minimum absolute atomic E-state index is 0.302. The van der Waals surface area contributed by atoms with Gasteiger partial charge in [-0.3, -0.25) is 13.9 Å². The van der Waals surface area contributed by atoms with Crippen molar-refractivity contribution in [1.82, 2.24) is 9.13 Å². The van der Waals surface area contributed by atoms with Crippen LogP contribution in [-0.2, 0) is 27.2 Å². The predicted molar refractivity (Wildman–Crippen MR) is 99.7 cm³/mol. The van der Waals surface area contributed by atoms with Crippen molar-refractivity contribution in [3.8, 4) is 0 Å². The Labute approximate surface area is 146 Å². The van der Waals surface area contributed by atoms with Gasteiger partial charge in [-0.1, -0.05) is 60.7 Å². The van der Waals surface area contributed by atoms with Crippen molar-refractivity contribution in [2.24, 2.45) is 14.1 Å². The molecule has 5 heteroatoms. The first-order chi connectivity index (χ1) is 12.1. The first kappa shape index (κ1) is 16.8. The van der Waals surface area contributed by atoms with E-state index < -0.39 is 0 Å². The molecule has 0 aliphatic heterocycles. The van der Waals surface area contributed by atoms with Gasteiger partial charge >= 0.3 is 5.69 Å². The Balaban J connectivity index is 2.05. The third-order valence-electron chi connectivity index (χ3n) is 4.26. The molecule has 25 heavy (non-hydrogen) atoms. The minimum atomic E-state index is -0.325. The number of benzene rings is 2. The third-order valence-corrected chi connectivity index (χ3v) is 4.26. The number of anilines is 1. The van der Waals surface area contributed by atoms with Crippen LogP contribution in [0.15, 0.2) is 76.3 Å². The lowest BCUT2D eigenvalue weighted by molar-refractivity contribution is 0.653. The average Bonchev–Trinajstić information content (AvgIpc) is 2.64. The molecule has 1 heterocycles. The summed E-state index contributed by atoms with van der Waals surface area (Å²) in [6.45, 7) is 1.21. The molecule has 0 atom stereocenters. The van der Waals surface area contributed by atoms with E-state index in [-0.39, 0.29) is 11.2 Å². The molecule has 0 saturated heterocycles. The molecule has 0 N–H and O–H groups in total. The molecule has 1 aromatic heterocycles. The standard InChI is InChI=1S/C20H21N3O2/c1-21-18(13-19(24)22(2)20(21)25)23(14-16-9-5-3-6-10-16)15-17-11-7-4-8-12-17/h3-13H,14-15H2,1-2H3. The molecular weight excluding hydrogens is 314 g/mol. The second-order valence-corrected chi connectivity index (χ2v) is 6.07. The summed E-state index contributed by atoms with van der Waals surface area (Å²) in [6.07, 6.45) is 0. The highest BCUT2D eigenvalue weighted by Crippen LogP contribution is 2.17. The Morgan fingerprint density at radius 3 is 1.72 bits per heavy atom. The summed E-state index contributed by atoms with van der Waals surface area (Å²) in [6, 6.07) is 21.6. The van der Waals surface area contributed by atoms with Crippen molar-refractivity contribution in [1.29, 1.82) is 0 Å². The molecule has 0 spiro atoms. The van der Waals surface area contributed by atoms with Crippen molar-refractivity contribution in [2.75, 3.05) is 4.90 Å². The summed E-state index contributed by atoms with van der Waals surface area (Å²) < 4.78 is 2.64. The Bertz CT molecular complexity index is 918. The van der Waals surface area contributed by atoms with Gasteiger partial charge in [0.15, 0.2) is 0 Å². The number of nitrogens with zero attached hydrogens (tertiary/aromatic N) is 3. The van der Waals surface area contributed by atoms with Crippen LogP contribution in [0.5, 0.6) is 0 Å². The molecule has 5 nitrogen and oxygen atoms in total. The Morgan fingerprint density at radius 1 is 0.760 bits per heavy atom. The largest absolute Gasteiger partial charge is 0.349 e. The van der Waals surface area contributed by atoms with Gasteiger partial charge < -0.3 is 4.90 Å². The highest BCUT2D eigenvalue weighted by Gasteiger charge is 2.14. The topological polar surface area (TPSA) is 47.2 Å². The van der Waals surface area contributed by atoms with Gasteiger partial charge in [-0.15, -0.1) is 0 Å². The van der Waals surface area contributed by atoms with Crippen molar-refractivity contribution in [3.63, 3.8) is 0 Å². The summed E-state index contributed by atoms with van der Waals surface area (Å²) in [4.78, 5) is 26.5. The number of hydrogen-bond acceptors (Lipinski definition) is 3. The zero-order valence-electron chi connectivity index (χ0n) is 14.4. The molecule has 0 saturated carbocycles. The van der Waals surface area contributed by atoms with Gasteiger partial charge in [-0.2, -0.15) is 0 Å².